The van der Waals surface area contributed by atoms with Crippen LogP contribution >= 0.6 is 36.2 Å². The lowest BCUT2D eigenvalue weighted by Crippen LogP contribution is -2.52. The van der Waals surface area contributed by atoms with Gasteiger partial charge in [-0.2, -0.15) is 0 Å². The van der Waals surface area contributed by atoms with Crippen molar-refractivity contribution in [1.82, 2.24) is 15.2 Å². The van der Waals surface area contributed by atoms with E-state index < -0.39 is 0 Å². The van der Waals surface area contributed by atoms with Crippen LogP contribution in [0.4, 0.5) is 0 Å². The minimum Gasteiger partial charge on any atom is -0.493 e. The molecule has 1 aliphatic rings. The maximum absolute atomic E-state index is 12.7. The number of halogens is 2. The van der Waals surface area contributed by atoms with E-state index in [1.54, 1.807) is 30.8 Å². The number of nitrogens with zero attached hydrogens (tertiary/aromatic N) is 2. The highest BCUT2D eigenvalue weighted by molar-refractivity contribution is 7.07. The van der Waals surface area contributed by atoms with Gasteiger partial charge in [0.05, 0.1) is 18.3 Å². The molecule has 1 amide bonds. The molecule has 1 aliphatic heterocycles. The van der Waals surface area contributed by atoms with Crippen LogP contribution in [0, 0.1) is 0 Å². The maximum atomic E-state index is 12.7. The molecule has 1 saturated heterocycles. The number of hydrogen-bond donors (Lipinski definition) is 1. The molecule has 144 valence electrons. The van der Waals surface area contributed by atoms with E-state index in [0.717, 1.165) is 18.8 Å². The third-order valence-corrected chi connectivity index (χ3v) is 4.67. The molecule has 0 bridgehead atoms. The quantitative estimate of drug-likeness (QED) is 0.806. The fraction of sp³-hybridized carbons (Fsp3) is 0.412. The predicted molar refractivity (Wildman–Crippen MR) is 107 cm³/mol. The van der Waals surface area contributed by atoms with Gasteiger partial charge < -0.3 is 19.7 Å². The number of amides is 1. The van der Waals surface area contributed by atoms with E-state index >= 15 is 0 Å². The lowest BCUT2D eigenvalue weighted by molar-refractivity contribution is 0.0655. The number of ether oxygens (including phenoxy) is 2. The number of rotatable bonds is 5. The van der Waals surface area contributed by atoms with Crippen LogP contribution in [0.25, 0.3) is 0 Å². The molecular weight excluding hydrogens is 397 g/mol. The van der Waals surface area contributed by atoms with E-state index in [0.29, 0.717) is 30.2 Å². The van der Waals surface area contributed by atoms with E-state index in [1.165, 1.54) is 11.3 Å². The van der Waals surface area contributed by atoms with Crippen molar-refractivity contribution in [3.05, 3.63) is 40.3 Å². The fourth-order valence-corrected chi connectivity index (χ4v) is 3.23. The van der Waals surface area contributed by atoms with Crippen LogP contribution in [-0.4, -0.2) is 48.6 Å². The Morgan fingerprint density at radius 1 is 1.38 bits per heavy atom. The van der Waals surface area contributed by atoms with Crippen LogP contribution in [0.5, 0.6) is 11.5 Å². The molecule has 0 spiro atoms. The summed E-state index contributed by atoms with van der Waals surface area (Å²) < 4.78 is 11.2. The number of hydrogen-bond acceptors (Lipinski definition) is 6. The van der Waals surface area contributed by atoms with Gasteiger partial charge in [-0.25, -0.2) is 4.98 Å². The fourth-order valence-electron chi connectivity index (χ4n) is 2.69. The van der Waals surface area contributed by atoms with Crippen molar-refractivity contribution in [3.63, 3.8) is 0 Å². The lowest BCUT2D eigenvalue weighted by atomic mass is 10.1. The van der Waals surface area contributed by atoms with Gasteiger partial charge in [0.1, 0.15) is 6.61 Å². The number of benzene rings is 1. The van der Waals surface area contributed by atoms with Gasteiger partial charge in [-0.15, -0.1) is 36.2 Å². The summed E-state index contributed by atoms with van der Waals surface area (Å²) in [6.45, 7) is 4.78. The molecular formula is C17H23Cl2N3O3S. The van der Waals surface area contributed by atoms with Gasteiger partial charge in [0.2, 0.25) is 0 Å². The monoisotopic (exact) mass is 419 g/mol. The van der Waals surface area contributed by atoms with Gasteiger partial charge in [0, 0.05) is 36.6 Å². The number of carbonyl (C=O) groups is 1. The number of methoxy groups -OCH3 is 1. The zero-order valence-corrected chi connectivity index (χ0v) is 17.1. The Labute approximate surface area is 169 Å². The first-order chi connectivity index (χ1) is 11.7. The van der Waals surface area contributed by atoms with Gasteiger partial charge in [-0.1, -0.05) is 0 Å². The molecule has 1 aromatic heterocycles. The summed E-state index contributed by atoms with van der Waals surface area (Å²) in [6.07, 6.45) is 0. The minimum absolute atomic E-state index is 0. The SMILES string of the molecule is COc1cc(C(=O)N2CCNC[C@@H]2C)ccc1OCc1cscn1.Cl.Cl. The second kappa shape index (κ2) is 10.6. The number of piperazine rings is 1. The van der Waals surface area contributed by atoms with Gasteiger partial charge in [0.25, 0.3) is 5.91 Å². The summed E-state index contributed by atoms with van der Waals surface area (Å²) in [7, 11) is 1.58. The van der Waals surface area contributed by atoms with E-state index in [9.17, 15) is 4.79 Å². The number of carbonyl (C=O) groups excluding carboxylic acids is 1. The second-order valence-electron chi connectivity index (χ2n) is 5.69. The first-order valence-electron chi connectivity index (χ1n) is 7.88. The highest BCUT2D eigenvalue weighted by Crippen LogP contribution is 2.29. The van der Waals surface area contributed by atoms with Crippen molar-refractivity contribution in [1.29, 1.82) is 0 Å². The van der Waals surface area contributed by atoms with Crippen molar-refractivity contribution in [2.75, 3.05) is 26.7 Å². The molecule has 1 aromatic carbocycles. The summed E-state index contributed by atoms with van der Waals surface area (Å²) in [5.41, 5.74) is 3.25. The summed E-state index contributed by atoms with van der Waals surface area (Å²) in [6, 6.07) is 5.49. The number of nitrogens with one attached hydrogen (secondary N) is 1. The Morgan fingerprint density at radius 2 is 2.19 bits per heavy atom. The normalized spacial score (nSPS) is 16.2. The van der Waals surface area contributed by atoms with E-state index in [2.05, 4.69) is 10.3 Å². The highest BCUT2D eigenvalue weighted by atomic mass is 35.5. The average Bonchev–Trinajstić information content (AvgIpc) is 3.13. The Bertz CT molecular complexity index is 701. The van der Waals surface area contributed by atoms with E-state index in [-0.39, 0.29) is 36.8 Å². The van der Waals surface area contributed by atoms with Crippen LogP contribution in [0.2, 0.25) is 0 Å². The highest BCUT2D eigenvalue weighted by Gasteiger charge is 2.24. The van der Waals surface area contributed by atoms with Crippen molar-refractivity contribution in [2.24, 2.45) is 0 Å². The van der Waals surface area contributed by atoms with Crippen LogP contribution < -0.4 is 14.8 Å². The molecule has 1 N–H and O–H groups in total. The van der Waals surface area contributed by atoms with Gasteiger partial charge >= 0.3 is 0 Å². The molecule has 2 heterocycles. The van der Waals surface area contributed by atoms with Crippen LogP contribution in [-0.2, 0) is 6.61 Å². The summed E-state index contributed by atoms with van der Waals surface area (Å²) in [4.78, 5) is 18.8. The van der Waals surface area contributed by atoms with Crippen molar-refractivity contribution < 1.29 is 14.3 Å². The molecule has 0 unspecified atom stereocenters. The number of aromatic nitrogens is 1. The van der Waals surface area contributed by atoms with Crippen molar-refractivity contribution in [2.45, 2.75) is 19.6 Å². The second-order valence-corrected chi connectivity index (χ2v) is 6.40. The predicted octanol–water partition coefficient (Wildman–Crippen LogP) is 3.01. The summed E-state index contributed by atoms with van der Waals surface area (Å²) in [5, 5.41) is 5.23. The first kappa shape index (κ1) is 22.5. The molecule has 0 aliphatic carbocycles. The van der Waals surface area contributed by atoms with E-state index in [1.807, 2.05) is 17.2 Å². The smallest absolute Gasteiger partial charge is 0.254 e. The first-order valence-corrected chi connectivity index (χ1v) is 8.83. The van der Waals surface area contributed by atoms with Crippen LogP contribution in [0.1, 0.15) is 23.0 Å². The standard InChI is InChI=1S/C17H21N3O3S.2ClH/c1-12-8-18-5-6-20(12)17(21)13-3-4-15(16(7-13)22-2)23-9-14-10-24-11-19-14;;/h3-4,7,10-12,18H,5-6,8-9H2,1-2H3;2*1H/t12-;;/m0../s1. The van der Waals surface area contributed by atoms with Gasteiger partial charge in [-0.05, 0) is 25.1 Å². The molecule has 3 rings (SSSR count). The van der Waals surface area contributed by atoms with Crippen LogP contribution in [0.3, 0.4) is 0 Å². The molecule has 0 saturated carbocycles. The Morgan fingerprint density at radius 3 is 2.85 bits per heavy atom. The Kier molecular flexibility index (Phi) is 9.15. The minimum atomic E-state index is 0. The third kappa shape index (κ3) is 5.23. The largest absolute Gasteiger partial charge is 0.493 e. The zero-order valence-electron chi connectivity index (χ0n) is 14.6. The molecule has 1 fully saturated rings. The third-order valence-electron chi connectivity index (χ3n) is 4.03. The Hall–Kier alpha value is -1.54. The lowest BCUT2D eigenvalue weighted by Gasteiger charge is -2.34. The topological polar surface area (TPSA) is 63.7 Å². The summed E-state index contributed by atoms with van der Waals surface area (Å²) in [5.74, 6) is 1.18. The van der Waals surface area contributed by atoms with Gasteiger partial charge in [-0.3, -0.25) is 4.79 Å². The zero-order chi connectivity index (χ0) is 16.9. The molecule has 6 nitrogen and oxygen atoms in total. The Balaban J connectivity index is 0.00000169. The van der Waals surface area contributed by atoms with Crippen molar-refractivity contribution in [3.8, 4) is 11.5 Å². The average molecular weight is 420 g/mol. The molecule has 1 atom stereocenters. The van der Waals surface area contributed by atoms with Crippen molar-refractivity contribution >= 4 is 42.1 Å². The molecule has 2 aromatic rings. The van der Waals surface area contributed by atoms with Gasteiger partial charge in [0.15, 0.2) is 11.5 Å². The molecule has 26 heavy (non-hydrogen) atoms. The summed E-state index contributed by atoms with van der Waals surface area (Å²) >= 11 is 1.53. The number of thiazole rings is 1. The maximum Gasteiger partial charge on any atom is 0.254 e. The molecule has 0 radical (unpaired) electrons. The molecule has 9 heteroatoms. The van der Waals surface area contributed by atoms with Crippen LogP contribution in [0.15, 0.2) is 29.1 Å². The van der Waals surface area contributed by atoms with E-state index in [4.69, 9.17) is 9.47 Å².